The standard InChI is InChI=1S/C8H14S2/c1-3-5-8(2)9-6-4-7-10-8/h3H,1,4-7H2,2H3. The van der Waals surface area contributed by atoms with Crippen LogP contribution in [0.3, 0.4) is 0 Å². The molecule has 1 heterocycles. The molecule has 0 aromatic heterocycles. The Morgan fingerprint density at radius 1 is 1.50 bits per heavy atom. The second-order valence-corrected chi connectivity index (χ2v) is 6.13. The fraction of sp³-hybridized carbons (Fsp3) is 0.750. The molecule has 1 rings (SSSR count). The van der Waals surface area contributed by atoms with Gasteiger partial charge in [-0.1, -0.05) is 6.08 Å². The lowest BCUT2D eigenvalue weighted by Crippen LogP contribution is -2.19. The summed E-state index contributed by atoms with van der Waals surface area (Å²) in [5, 5.41) is 0. The van der Waals surface area contributed by atoms with Gasteiger partial charge in [0, 0.05) is 0 Å². The van der Waals surface area contributed by atoms with E-state index < -0.39 is 0 Å². The van der Waals surface area contributed by atoms with E-state index in [1.807, 2.05) is 6.08 Å². The quantitative estimate of drug-likeness (QED) is 0.590. The maximum absolute atomic E-state index is 3.77. The Kier molecular flexibility index (Phi) is 3.18. The molecule has 1 saturated heterocycles. The van der Waals surface area contributed by atoms with Crippen LogP contribution < -0.4 is 0 Å². The minimum absolute atomic E-state index is 0.444. The Balaban J connectivity index is 2.39. The first-order chi connectivity index (χ1) is 4.77. The van der Waals surface area contributed by atoms with Crippen molar-refractivity contribution in [1.29, 1.82) is 0 Å². The monoisotopic (exact) mass is 174 g/mol. The minimum atomic E-state index is 0.444. The minimum Gasteiger partial charge on any atom is -0.144 e. The van der Waals surface area contributed by atoms with Crippen LogP contribution in [0, 0.1) is 0 Å². The summed E-state index contributed by atoms with van der Waals surface area (Å²) in [5.74, 6) is 2.66. The zero-order chi connectivity index (χ0) is 7.45. The Hall–Kier alpha value is 0.440. The highest BCUT2D eigenvalue weighted by Crippen LogP contribution is 2.44. The van der Waals surface area contributed by atoms with Crippen LogP contribution in [0.1, 0.15) is 19.8 Å². The van der Waals surface area contributed by atoms with Crippen molar-refractivity contribution in [2.75, 3.05) is 11.5 Å². The number of thioether (sulfide) groups is 2. The fourth-order valence-electron chi connectivity index (χ4n) is 1.06. The highest BCUT2D eigenvalue weighted by atomic mass is 32.2. The Morgan fingerprint density at radius 3 is 2.60 bits per heavy atom. The molecule has 0 radical (unpaired) electrons. The van der Waals surface area contributed by atoms with Crippen LogP contribution >= 0.6 is 23.5 Å². The van der Waals surface area contributed by atoms with E-state index in [1.165, 1.54) is 17.9 Å². The first kappa shape index (κ1) is 8.54. The van der Waals surface area contributed by atoms with Crippen LogP contribution in [0.5, 0.6) is 0 Å². The lowest BCUT2D eigenvalue weighted by Gasteiger charge is -2.31. The molecule has 0 aromatic rings. The van der Waals surface area contributed by atoms with Crippen LogP contribution in [0.4, 0.5) is 0 Å². The largest absolute Gasteiger partial charge is 0.144 e. The third kappa shape index (κ3) is 2.24. The van der Waals surface area contributed by atoms with Gasteiger partial charge in [0.25, 0.3) is 0 Å². The highest BCUT2D eigenvalue weighted by molar-refractivity contribution is 8.18. The summed E-state index contributed by atoms with van der Waals surface area (Å²) < 4.78 is 0.444. The van der Waals surface area contributed by atoms with Crippen molar-refractivity contribution in [3.8, 4) is 0 Å². The molecule has 0 saturated carbocycles. The average Bonchev–Trinajstić information content (AvgIpc) is 1.89. The highest BCUT2D eigenvalue weighted by Gasteiger charge is 2.26. The predicted octanol–water partition coefficient (Wildman–Crippen LogP) is 3.15. The fourth-order valence-corrected chi connectivity index (χ4v) is 3.99. The first-order valence-electron chi connectivity index (χ1n) is 3.66. The van der Waals surface area contributed by atoms with E-state index in [1.54, 1.807) is 0 Å². The molecule has 0 aliphatic carbocycles. The summed E-state index contributed by atoms with van der Waals surface area (Å²) in [6.45, 7) is 6.10. The summed E-state index contributed by atoms with van der Waals surface area (Å²) in [6.07, 6.45) is 4.55. The van der Waals surface area contributed by atoms with Crippen LogP contribution in [-0.4, -0.2) is 15.6 Å². The first-order valence-corrected chi connectivity index (χ1v) is 5.63. The smallest absolute Gasteiger partial charge is 0.0617 e. The van der Waals surface area contributed by atoms with Crippen LogP contribution in [-0.2, 0) is 0 Å². The van der Waals surface area contributed by atoms with Gasteiger partial charge in [-0.2, -0.15) is 0 Å². The van der Waals surface area contributed by atoms with Gasteiger partial charge in [0.15, 0.2) is 0 Å². The van der Waals surface area contributed by atoms with Gasteiger partial charge in [-0.05, 0) is 31.3 Å². The van der Waals surface area contributed by atoms with Crippen molar-refractivity contribution in [2.45, 2.75) is 23.8 Å². The molecular weight excluding hydrogens is 160 g/mol. The maximum Gasteiger partial charge on any atom is 0.0617 e. The van der Waals surface area contributed by atoms with E-state index in [0.29, 0.717) is 4.08 Å². The third-order valence-electron chi connectivity index (χ3n) is 1.62. The molecule has 1 aliphatic rings. The SMILES string of the molecule is C=CCC1(C)SCCCS1. The summed E-state index contributed by atoms with van der Waals surface area (Å²) in [6, 6.07) is 0. The summed E-state index contributed by atoms with van der Waals surface area (Å²) in [7, 11) is 0. The van der Waals surface area contributed by atoms with E-state index in [9.17, 15) is 0 Å². The molecule has 1 aliphatic heterocycles. The van der Waals surface area contributed by atoms with Crippen molar-refractivity contribution >= 4 is 23.5 Å². The molecule has 0 atom stereocenters. The van der Waals surface area contributed by atoms with Gasteiger partial charge in [0.2, 0.25) is 0 Å². The molecule has 1 fully saturated rings. The van der Waals surface area contributed by atoms with Gasteiger partial charge >= 0.3 is 0 Å². The molecule has 10 heavy (non-hydrogen) atoms. The molecule has 0 spiro atoms. The van der Waals surface area contributed by atoms with Gasteiger partial charge in [0.1, 0.15) is 0 Å². The zero-order valence-corrected chi connectivity index (χ0v) is 8.06. The maximum atomic E-state index is 3.77. The van der Waals surface area contributed by atoms with Gasteiger partial charge in [-0.25, -0.2) is 0 Å². The summed E-state index contributed by atoms with van der Waals surface area (Å²) in [4.78, 5) is 0. The summed E-state index contributed by atoms with van der Waals surface area (Å²) in [5.41, 5.74) is 0. The van der Waals surface area contributed by atoms with Crippen molar-refractivity contribution in [3.63, 3.8) is 0 Å². The molecule has 0 N–H and O–H groups in total. The molecule has 0 aromatic carbocycles. The predicted molar refractivity (Wildman–Crippen MR) is 52.8 cm³/mol. The van der Waals surface area contributed by atoms with E-state index in [2.05, 4.69) is 37.0 Å². The lowest BCUT2D eigenvalue weighted by atomic mass is 10.3. The van der Waals surface area contributed by atoms with E-state index in [-0.39, 0.29) is 0 Å². The molecule has 2 heteroatoms. The number of allylic oxidation sites excluding steroid dienone is 1. The Bertz CT molecular complexity index is 114. The Labute approximate surface area is 71.8 Å². The average molecular weight is 174 g/mol. The van der Waals surface area contributed by atoms with Crippen LogP contribution in [0.15, 0.2) is 12.7 Å². The van der Waals surface area contributed by atoms with Crippen molar-refractivity contribution in [1.82, 2.24) is 0 Å². The van der Waals surface area contributed by atoms with Crippen molar-refractivity contribution in [3.05, 3.63) is 12.7 Å². The van der Waals surface area contributed by atoms with Crippen LogP contribution in [0.2, 0.25) is 0 Å². The third-order valence-corrected chi connectivity index (χ3v) is 4.87. The van der Waals surface area contributed by atoms with Gasteiger partial charge < -0.3 is 0 Å². The van der Waals surface area contributed by atoms with Crippen molar-refractivity contribution < 1.29 is 0 Å². The molecule has 0 unspecified atom stereocenters. The topological polar surface area (TPSA) is 0 Å². The number of rotatable bonds is 2. The molecular formula is C8H14S2. The molecule has 0 amide bonds. The summed E-state index contributed by atoms with van der Waals surface area (Å²) >= 11 is 4.16. The molecule has 58 valence electrons. The van der Waals surface area contributed by atoms with Crippen LogP contribution in [0.25, 0.3) is 0 Å². The molecule has 0 nitrogen and oxygen atoms in total. The Morgan fingerprint density at radius 2 is 2.10 bits per heavy atom. The second kappa shape index (κ2) is 3.72. The van der Waals surface area contributed by atoms with Gasteiger partial charge in [0.05, 0.1) is 4.08 Å². The van der Waals surface area contributed by atoms with Crippen molar-refractivity contribution in [2.24, 2.45) is 0 Å². The number of hydrogen-bond donors (Lipinski definition) is 0. The normalized spacial score (nSPS) is 24.1. The lowest BCUT2D eigenvalue weighted by molar-refractivity contribution is 0.890. The number of hydrogen-bond acceptors (Lipinski definition) is 2. The van der Waals surface area contributed by atoms with Gasteiger partial charge in [-0.15, -0.1) is 30.1 Å². The second-order valence-electron chi connectivity index (χ2n) is 2.68. The van der Waals surface area contributed by atoms with Gasteiger partial charge in [-0.3, -0.25) is 0 Å². The van der Waals surface area contributed by atoms with E-state index in [4.69, 9.17) is 0 Å². The van der Waals surface area contributed by atoms with E-state index >= 15 is 0 Å². The molecule has 0 bridgehead atoms. The van der Waals surface area contributed by atoms with E-state index in [0.717, 1.165) is 6.42 Å². The zero-order valence-electron chi connectivity index (χ0n) is 6.43.